The zero-order valence-electron chi connectivity index (χ0n) is 13.7. The molecule has 0 bridgehead atoms. The average molecular weight is 352 g/mol. The molecular formula is C15H22ClN7O. The number of aryl methyl sites for hydroxylation is 1. The summed E-state index contributed by atoms with van der Waals surface area (Å²) in [5, 5.41) is 8.51. The minimum absolute atomic E-state index is 0. The summed E-state index contributed by atoms with van der Waals surface area (Å²) in [7, 11) is 1.88. The SMILES string of the molecule is Cl.Cn1ncc2c(N3CCN(C(=O)C4CCCN4)CC3)ncnc21. The number of hydrogen-bond donors (Lipinski definition) is 1. The van der Waals surface area contributed by atoms with Crippen molar-refractivity contribution >= 4 is 35.2 Å². The summed E-state index contributed by atoms with van der Waals surface area (Å²) in [5.74, 6) is 1.16. The number of rotatable bonds is 2. The monoisotopic (exact) mass is 351 g/mol. The molecule has 2 aliphatic rings. The Morgan fingerprint density at radius 2 is 2.04 bits per heavy atom. The van der Waals surface area contributed by atoms with Gasteiger partial charge in [-0.15, -0.1) is 12.4 Å². The Hall–Kier alpha value is -1.93. The second kappa shape index (κ2) is 6.90. The summed E-state index contributed by atoms with van der Waals surface area (Å²) in [4.78, 5) is 25.4. The first-order valence-corrected chi connectivity index (χ1v) is 8.14. The van der Waals surface area contributed by atoms with E-state index in [0.717, 1.165) is 62.4 Å². The van der Waals surface area contributed by atoms with Crippen molar-refractivity contribution in [3.05, 3.63) is 12.5 Å². The predicted molar refractivity (Wildman–Crippen MR) is 93.4 cm³/mol. The molecule has 2 fully saturated rings. The number of piperazine rings is 1. The third-order valence-electron chi connectivity index (χ3n) is 4.76. The minimum Gasteiger partial charge on any atom is -0.352 e. The van der Waals surface area contributed by atoms with Crippen LogP contribution in [0, 0.1) is 0 Å². The number of carbonyl (C=O) groups excluding carboxylic acids is 1. The number of carbonyl (C=O) groups is 1. The summed E-state index contributed by atoms with van der Waals surface area (Å²) in [6.45, 7) is 4.01. The summed E-state index contributed by atoms with van der Waals surface area (Å²) in [6.07, 6.45) is 5.45. The second-order valence-electron chi connectivity index (χ2n) is 6.16. The highest BCUT2D eigenvalue weighted by molar-refractivity contribution is 5.87. The second-order valence-corrected chi connectivity index (χ2v) is 6.16. The molecule has 9 heteroatoms. The van der Waals surface area contributed by atoms with E-state index in [-0.39, 0.29) is 24.4 Å². The van der Waals surface area contributed by atoms with Crippen LogP contribution in [0.3, 0.4) is 0 Å². The number of aromatic nitrogens is 4. The summed E-state index contributed by atoms with van der Waals surface area (Å²) >= 11 is 0. The van der Waals surface area contributed by atoms with Crippen LogP contribution in [0.25, 0.3) is 11.0 Å². The van der Waals surface area contributed by atoms with E-state index < -0.39 is 0 Å². The Bertz CT molecular complexity index is 720. The van der Waals surface area contributed by atoms with E-state index in [9.17, 15) is 4.79 Å². The van der Waals surface area contributed by atoms with Crippen LogP contribution in [-0.2, 0) is 11.8 Å². The van der Waals surface area contributed by atoms with Crippen molar-refractivity contribution in [2.24, 2.45) is 7.05 Å². The molecule has 8 nitrogen and oxygen atoms in total. The summed E-state index contributed by atoms with van der Waals surface area (Å²) in [5.41, 5.74) is 0.837. The van der Waals surface area contributed by atoms with E-state index in [0.29, 0.717) is 0 Å². The highest BCUT2D eigenvalue weighted by atomic mass is 35.5. The summed E-state index contributed by atoms with van der Waals surface area (Å²) in [6, 6.07) is 0.0191. The number of anilines is 1. The van der Waals surface area contributed by atoms with E-state index in [1.807, 2.05) is 18.1 Å². The first-order chi connectivity index (χ1) is 11.2. The summed E-state index contributed by atoms with van der Waals surface area (Å²) < 4.78 is 1.76. The highest BCUT2D eigenvalue weighted by Crippen LogP contribution is 2.23. The lowest BCUT2D eigenvalue weighted by Crippen LogP contribution is -2.53. The van der Waals surface area contributed by atoms with Gasteiger partial charge in [0, 0.05) is 33.2 Å². The zero-order chi connectivity index (χ0) is 15.8. The highest BCUT2D eigenvalue weighted by Gasteiger charge is 2.29. The molecule has 24 heavy (non-hydrogen) atoms. The molecule has 0 aromatic carbocycles. The molecule has 1 atom stereocenters. The van der Waals surface area contributed by atoms with Crippen LogP contribution in [0.5, 0.6) is 0 Å². The van der Waals surface area contributed by atoms with Crippen molar-refractivity contribution in [3.8, 4) is 0 Å². The Kier molecular flexibility index (Phi) is 4.86. The van der Waals surface area contributed by atoms with Crippen molar-refractivity contribution in [2.75, 3.05) is 37.6 Å². The minimum atomic E-state index is 0. The van der Waals surface area contributed by atoms with E-state index in [4.69, 9.17) is 0 Å². The van der Waals surface area contributed by atoms with E-state index in [1.54, 1.807) is 11.0 Å². The molecule has 4 heterocycles. The number of amides is 1. The molecule has 0 radical (unpaired) electrons. The van der Waals surface area contributed by atoms with Gasteiger partial charge in [-0.2, -0.15) is 5.10 Å². The number of fused-ring (bicyclic) bond motifs is 1. The van der Waals surface area contributed by atoms with Crippen molar-refractivity contribution in [1.82, 2.24) is 30.0 Å². The molecule has 0 saturated carbocycles. The molecule has 1 amide bonds. The molecule has 1 N–H and O–H groups in total. The standard InChI is InChI=1S/C15H21N7O.ClH/c1-20-13-11(9-19-20)14(18-10-17-13)21-5-7-22(8-6-21)15(23)12-3-2-4-16-12;/h9-10,12,16H,2-8H2,1H3;1H. The Balaban J connectivity index is 0.00000169. The Labute approximate surface area is 146 Å². The smallest absolute Gasteiger partial charge is 0.239 e. The Morgan fingerprint density at radius 3 is 2.75 bits per heavy atom. The molecule has 2 saturated heterocycles. The van der Waals surface area contributed by atoms with Crippen LogP contribution in [0.2, 0.25) is 0 Å². The molecule has 2 aromatic rings. The number of hydrogen-bond acceptors (Lipinski definition) is 6. The Morgan fingerprint density at radius 1 is 1.25 bits per heavy atom. The van der Waals surface area contributed by atoms with Crippen molar-refractivity contribution in [2.45, 2.75) is 18.9 Å². The van der Waals surface area contributed by atoms with Gasteiger partial charge in [-0.25, -0.2) is 9.97 Å². The molecule has 0 aliphatic carbocycles. The lowest BCUT2D eigenvalue weighted by Gasteiger charge is -2.36. The molecule has 2 aromatic heterocycles. The molecule has 4 rings (SSSR count). The van der Waals surface area contributed by atoms with Crippen LogP contribution in [0.15, 0.2) is 12.5 Å². The zero-order valence-corrected chi connectivity index (χ0v) is 14.5. The first-order valence-electron chi connectivity index (χ1n) is 8.14. The number of halogens is 1. The maximum Gasteiger partial charge on any atom is 0.239 e. The maximum atomic E-state index is 12.5. The van der Waals surface area contributed by atoms with Gasteiger partial charge in [0.25, 0.3) is 0 Å². The fraction of sp³-hybridized carbons (Fsp3) is 0.600. The van der Waals surface area contributed by atoms with Crippen molar-refractivity contribution < 1.29 is 4.79 Å². The van der Waals surface area contributed by atoms with E-state index in [1.165, 1.54) is 0 Å². The van der Waals surface area contributed by atoms with Crippen LogP contribution >= 0.6 is 12.4 Å². The van der Waals surface area contributed by atoms with Gasteiger partial charge in [-0.3, -0.25) is 9.48 Å². The van der Waals surface area contributed by atoms with Gasteiger partial charge in [-0.1, -0.05) is 0 Å². The molecular weight excluding hydrogens is 330 g/mol. The van der Waals surface area contributed by atoms with Gasteiger partial charge in [0.05, 0.1) is 17.6 Å². The van der Waals surface area contributed by atoms with Gasteiger partial charge >= 0.3 is 0 Å². The average Bonchev–Trinajstić information content (AvgIpc) is 3.25. The molecule has 2 aliphatic heterocycles. The van der Waals surface area contributed by atoms with Crippen LogP contribution in [0.1, 0.15) is 12.8 Å². The van der Waals surface area contributed by atoms with Gasteiger partial charge in [0.1, 0.15) is 12.1 Å². The predicted octanol–water partition coefficient (Wildman–Crippen LogP) is 0.186. The normalized spacial score (nSPS) is 21.1. The van der Waals surface area contributed by atoms with Crippen LogP contribution in [-0.4, -0.2) is 69.3 Å². The maximum absolute atomic E-state index is 12.5. The fourth-order valence-corrected chi connectivity index (χ4v) is 3.46. The molecule has 0 spiro atoms. The van der Waals surface area contributed by atoms with Crippen molar-refractivity contribution in [1.29, 1.82) is 0 Å². The molecule has 130 valence electrons. The lowest BCUT2D eigenvalue weighted by molar-refractivity contribution is -0.133. The first kappa shape index (κ1) is 16.9. The fourth-order valence-electron chi connectivity index (χ4n) is 3.46. The van der Waals surface area contributed by atoms with Crippen LogP contribution < -0.4 is 10.2 Å². The number of nitrogens with one attached hydrogen (secondary N) is 1. The molecule has 1 unspecified atom stereocenters. The third kappa shape index (κ3) is 2.91. The van der Waals surface area contributed by atoms with Gasteiger partial charge < -0.3 is 15.1 Å². The van der Waals surface area contributed by atoms with Gasteiger partial charge in [-0.05, 0) is 19.4 Å². The largest absolute Gasteiger partial charge is 0.352 e. The van der Waals surface area contributed by atoms with Crippen molar-refractivity contribution in [3.63, 3.8) is 0 Å². The van der Waals surface area contributed by atoms with Gasteiger partial charge in [0.2, 0.25) is 5.91 Å². The third-order valence-corrected chi connectivity index (χ3v) is 4.76. The van der Waals surface area contributed by atoms with Gasteiger partial charge in [0.15, 0.2) is 5.65 Å². The van der Waals surface area contributed by atoms with Crippen LogP contribution in [0.4, 0.5) is 5.82 Å². The lowest BCUT2D eigenvalue weighted by atomic mass is 10.2. The topological polar surface area (TPSA) is 79.2 Å². The quantitative estimate of drug-likeness (QED) is 0.832. The number of nitrogens with zero attached hydrogens (tertiary/aromatic N) is 6. The van der Waals surface area contributed by atoms with E-state index >= 15 is 0 Å². The van der Waals surface area contributed by atoms with E-state index in [2.05, 4.69) is 25.3 Å².